The fraction of sp³-hybridized carbons (Fsp3) is 0.688. The second-order valence-electron chi connectivity index (χ2n) is 5.82. The number of nitrogens with one attached hydrogen (secondary N) is 1. The summed E-state index contributed by atoms with van der Waals surface area (Å²) in [5.41, 5.74) is 3.91. The molecule has 0 atom stereocenters. The van der Waals surface area contributed by atoms with E-state index in [-0.39, 0.29) is 0 Å². The molecule has 2 rings (SSSR count). The average molecular weight is 277 g/mol. The van der Waals surface area contributed by atoms with Crippen LogP contribution in [0.2, 0.25) is 0 Å². The standard InChI is InChI=1S/C16H27N3O/c1-13-11-15(14(2)18(13)3)12-17-8-7-16(20)19-9-5-4-6-10-19/h11,17H,4-10,12H2,1-3H3. The van der Waals surface area contributed by atoms with Gasteiger partial charge in [-0.3, -0.25) is 4.79 Å². The fourth-order valence-corrected chi connectivity index (χ4v) is 2.83. The highest BCUT2D eigenvalue weighted by Crippen LogP contribution is 2.13. The molecular formula is C16H27N3O. The van der Waals surface area contributed by atoms with Crippen molar-refractivity contribution in [1.29, 1.82) is 0 Å². The Hall–Kier alpha value is -1.29. The van der Waals surface area contributed by atoms with Gasteiger partial charge in [0.15, 0.2) is 0 Å². The molecule has 1 fully saturated rings. The summed E-state index contributed by atoms with van der Waals surface area (Å²) in [4.78, 5) is 14.0. The highest BCUT2D eigenvalue weighted by molar-refractivity contribution is 5.76. The first-order chi connectivity index (χ1) is 9.59. The van der Waals surface area contributed by atoms with Crippen LogP contribution in [0.3, 0.4) is 0 Å². The summed E-state index contributed by atoms with van der Waals surface area (Å²) in [6.07, 6.45) is 4.23. The Labute approximate surface area is 122 Å². The summed E-state index contributed by atoms with van der Waals surface area (Å²) in [7, 11) is 2.09. The van der Waals surface area contributed by atoms with Crippen LogP contribution in [0.15, 0.2) is 6.07 Å². The predicted molar refractivity (Wildman–Crippen MR) is 81.6 cm³/mol. The summed E-state index contributed by atoms with van der Waals surface area (Å²) in [6.45, 7) is 7.79. The van der Waals surface area contributed by atoms with Gasteiger partial charge in [-0.2, -0.15) is 0 Å². The van der Waals surface area contributed by atoms with E-state index in [0.29, 0.717) is 12.3 Å². The van der Waals surface area contributed by atoms with Crippen LogP contribution in [0.4, 0.5) is 0 Å². The van der Waals surface area contributed by atoms with Gasteiger partial charge < -0.3 is 14.8 Å². The van der Waals surface area contributed by atoms with Gasteiger partial charge in [0.05, 0.1) is 0 Å². The van der Waals surface area contributed by atoms with Crippen molar-refractivity contribution in [2.75, 3.05) is 19.6 Å². The van der Waals surface area contributed by atoms with Gasteiger partial charge in [-0.05, 0) is 44.7 Å². The Bertz CT molecular complexity index is 459. The van der Waals surface area contributed by atoms with E-state index in [1.807, 2.05) is 4.90 Å². The van der Waals surface area contributed by atoms with Crippen molar-refractivity contribution in [2.24, 2.45) is 7.05 Å². The number of hydrogen-bond donors (Lipinski definition) is 1. The van der Waals surface area contributed by atoms with Crippen LogP contribution in [0, 0.1) is 13.8 Å². The minimum Gasteiger partial charge on any atom is -0.352 e. The van der Waals surface area contributed by atoms with Crippen molar-refractivity contribution in [3.8, 4) is 0 Å². The van der Waals surface area contributed by atoms with E-state index >= 15 is 0 Å². The van der Waals surface area contributed by atoms with Crippen LogP contribution >= 0.6 is 0 Å². The number of nitrogens with zero attached hydrogens (tertiary/aromatic N) is 2. The lowest BCUT2D eigenvalue weighted by Gasteiger charge is -2.26. The Kier molecular flexibility index (Phi) is 5.24. The zero-order valence-corrected chi connectivity index (χ0v) is 13.0. The molecule has 0 saturated carbocycles. The van der Waals surface area contributed by atoms with E-state index in [0.717, 1.165) is 26.2 Å². The molecule has 0 radical (unpaired) electrons. The van der Waals surface area contributed by atoms with E-state index in [2.05, 4.69) is 36.8 Å². The van der Waals surface area contributed by atoms with Crippen molar-refractivity contribution in [3.05, 3.63) is 23.0 Å². The number of piperidine rings is 1. The summed E-state index contributed by atoms with van der Waals surface area (Å²) >= 11 is 0. The van der Waals surface area contributed by atoms with Gasteiger partial charge in [0, 0.05) is 51.0 Å². The number of aryl methyl sites for hydroxylation is 1. The minimum atomic E-state index is 0.304. The van der Waals surface area contributed by atoms with Gasteiger partial charge in [-0.1, -0.05) is 0 Å². The third kappa shape index (κ3) is 3.63. The molecule has 1 aliphatic rings. The van der Waals surface area contributed by atoms with Gasteiger partial charge in [0.2, 0.25) is 5.91 Å². The molecule has 1 aliphatic heterocycles. The molecule has 1 N–H and O–H groups in total. The monoisotopic (exact) mass is 277 g/mol. The third-order valence-corrected chi connectivity index (χ3v) is 4.42. The smallest absolute Gasteiger partial charge is 0.223 e. The van der Waals surface area contributed by atoms with Crippen molar-refractivity contribution in [3.63, 3.8) is 0 Å². The molecule has 0 aromatic carbocycles. The van der Waals surface area contributed by atoms with Crippen molar-refractivity contribution < 1.29 is 4.79 Å². The zero-order valence-electron chi connectivity index (χ0n) is 13.0. The first-order valence-electron chi connectivity index (χ1n) is 7.70. The van der Waals surface area contributed by atoms with E-state index in [1.165, 1.54) is 36.2 Å². The Morgan fingerprint density at radius 3 is 2.55 bits per heavy atom. The summed E-state index contributed by atoms with van der Waals surface area (Å²) in [5.74, 6) is 0.304. The molecule has 2 heterocycles. The molecule has 0 spiro atoms. The maximum absolute atomic E-state index is 12.0. The van der Waals surface area contributed by atoms with E-state index in [9.17, 15) is 4.79 Å². The van der Waals surface area contributed by atoms with Crippen molar-refractivity contribution in [2.45, 2.75) is 46.1 Å². The van der Waals surface area contributed by atoms with Crippen LogP contribution in [-0.4, -0.2) is 35.0 Å². The largest absolute Gasteiger partial charge is 0.352 e. The maximum Gasteiger partial charge on any atom is 0.223 e. The van der Waals surface area contributed by atoms with Crippen molar-refractivity contribution in [1.82, 2.24) is 14.8 Å². The predicted octanol–water partition coefficient (Wildman–Crippen LogP) is 2.13. The van der Waals surface area contributed by atoms with Crippen LogP contribution in [-0.2, 0) is 18.4 Å². The number of carbonyl (C=O) groups excluding carboxylic acids is 1. The molecule has 0 aliphatic carbocycles. The summed E-state index contributed by atoms with van der Waals surface area (Å²) in [5, 5.41) is 3.39. The molecule has 0 unspecified atom stereocenters. The third-order valence-electron chi connectivity index (χ3n) is 4.42. The normalized spacial score (nSPS) is 15.7. The Morgan fingerprint density at radius 1 is 1.25 bits per heavy atom. The van der Waals surface area contributed by atoms with E-state index in [4.69, 9.17) is 0 Å². The molecule has 112 valence electrons. The van der Waals surface area contributed by atoms with Gasteiger partial charge in [-0.25, -0.2) is 0 Å². The Balaban J connectivity index is 1.70. The van der Waals surface area contributed by atoms with E-state index in [1.54, 1.807) is 0 Å². The molecule has 0 bridgehead atoms. The zero-order chi connectivity index (χ0) is 14.5. The number of carbonyl (C=O) groups is 1. The minimum absolute atomic E-state index is 0.304. The van der Waals surface area contributed by atoms with Crippen LogP contribution < -0.4 is 5.32 Å². The van der Waals surface area contributed by atoms with Crippen molar-refractivity contribution >= 4 is 5.91 Å². The maximum atomic E-state index is 12.0. The molecular weight excluding hydrogens is 250 g/mol. The molecule has 20 heavy (non-hydrogen) atoms. The van der Waals surface area contributed by atoms with Crippen LogP contribution in [0.5, 0.6) is 0 Å². The molecule has 4 heteroatoms. The first kappa shape index (κ1) is 15.1. The highest BCUT2D eigenvalue weighted by Gasteiger charge is 2.15. The van der Waals surface area contributed by atoms with Crippen LogP contribution in [0.25, 0.3) is 0 Å². The highest BCUT2D eigenvalue weighted by atomic mass is 16.2. The summed E-state index contributed by atoms with van der Waals surface area (Å²) in [6, 6.07) is 2.22. The van der Waals surface area contributed by atoms with Gasteiger partial charge in [0.25, 0.3) is 0 Å². The number of likely N-dealkylation sites (tertiary alicyclic amines) is 1. The lowest BCUT2D eigenvalue weighted by Crippen LogP contribution is -2.37. The molecule has 1 aromatic rings. The molecule has 1 aromatic heterocycles. The topological polar surface area (TPSA) is 37.3 Å². The fourth-order valence-electron chi connectivity index (χ4n) is 2.83. The van der Waals surface area contributed by atoms with Crippen LogP contribution in [0.1, 0.15) is 42.6 Å². The number of hydrogen-bond acceptors (Lipinski definition) is 2. The van der Waals surface area contributed by atoms with E-state index < -0.39 is 0 Å². The number of rotatable bonds is 5. The molecule has 1 amide bonds. The lowest BCUT2D eigenvalue weighted by molar-refractivity contribution is -0.131. The molecule has 4 nitrogen and oxygen atoms in total. The SMILES string of the molecule is Cc1cc(CNCCC(=O)N2CCCCC2)c(C)n1C. The second-order valence-corrected chi connectivity index (χ2v) is 5.82. The number of aromatic nitrogens is 1. The first-order valence-corrected chi connectivity index (χ1v) is 7.70. The van der Waals surface area contributed by atoms with Gasteiger partial charge >= 0.3 is 0 Å². The number of amides is 1. The average Bonchev–Trinajstić information content (AvgIpc) is 2.71. The Morgan fingerprint density at radius 2 is 1.95 bits per heavy atom. The van der Waals surface area contributed by atoms with Gasteiger partial charge in [-0.15, -0.1) is 0 Å². The lowest BCUT2D eigenvalue weighted by atomic mass is 10.1. The summed E-state index contributed by atoms with van der Waals surface area (Å²) < 4.78 is 2.20. The van der Waals surface area contributed by atoms with Gasteiger partial charge in [0.1, 0.15) is 0 Å². The second kappa shape index (κ2) is 6.93. The molecule has 1 saturated heterocycles. The quantitative estimate of drug-likeness (QED) is 0.837.